The van der Waals surface area contributed by atoms with E-state index in [0.29, 0.717) is 11.2 Å². The van der Waals surface area contributed by atoms with Crippen molar-refractivity contribution in [2.45, 2.75) is 0 Å². The summed E-state index contributed by atoms with van der Waals surface area (Å²) in [6.07, 6.45) is 1.42. The van der Waals surface area contributed by atoms with Crippen molar-refractivity contribution < 1.29 is 4.79 Å². The van der Waals surface area contributed by atoms with Gasteiger partial charge in [-0.25, -0.2) is 0 Å². The van der Waals surface area contributed by atoms with Crippen LogP contribution in [-0.2, 0) is 0 Å². The molecule has 4 heteroatoms. The zero-order valence-corrected chi connectivity index (χ0v) is 6.01. The van der Waals surface area contributed by atoms with E-state index in [2.05, 4.69) is 17.6 Å². The summed E-state index contributed by atoms with van der Waals surface area (Å²) in [5.41, 5.74) is 0.857. The summed E-state index contributed by atoms with van der Waals surface area (Å²) in [6.45, 7) is 0. The summed E-state index contributed by atoms with van der Waals surface area (Å²) in [5.74, 6) is 0. The fourth-order valence-electron chi connectivity index (χ4n) is 0.532. The second kappa shape index (κ2) is 2.88. The van der Waals surface area contributed by atoms with E-state index in [1.54, 1.807) is 6.07 Å². The smallest absolute Gasteiger partial charge is 0.234 e. The molecule has 1 aromatic heterocycles. The molecule has 10 heavy (non-hydrogen) atoms. The SMILES string of the molecule is [B]c1ccc(C(=O)S)nc1. The molecule has 0 saturated carbocycles. The summed E-state index contributed by atoms with van der Waals surface area (Å²) in [7, 11) is 5.33. The van der Waals surface area contributed by atoms with E-state index in [1.165, 1.54) is 12.3 Å². The van der Waals surface area contributed by atoms with Crippen molar-refractivity contribution >= 4 is 31.1 Å². The van der Waals surface area contributed by atoms with E-state index < -0.39 is 0 Å². The summed E-state index contributed by atoms with van der Waals surface area (Å²) in [4.78, 5) is 14.2. The van der Waals surface area contributed by atoms with Crippen molar-refractivity contribution in [2.75, 3.05) is 0 Å². The molecule has 2 nitrogen and oxygen atoms in total. The maximum Gasteiger partial charge on any atom is 0.234 e. The van der Waals surface area contributed by atoms with Crippen molar-refractivity contribution in [3.8, 4) is 0 Å². The first-order valence-electron chi connectivity index (χ1n) is 2.65. The highest BCUT2D eigenvalue weighted by molar-refractivity contribution is 7.97. The highest BCUT2D eigenvalue weighted by Crippen LogP contribution is 1.95. The first-order valence-corrected chi connectivity index (χ1v) is 3.09. The molecule has 0 aromatic carbocycles. The van der Waals surface area contributed by atoms with Gasteiger partial charge in [-0.2, -0.15) is 0 Å². The molecule has 0 aliphatic carbocycles. The minimum Gasteiger partial charge on any atom is -0.280 e. The maximum absolute atomic E-state index is 10.5. The number of rotatable bonds is 1. The third kappa shape index (κ3) is 1.61. The Kier molecular flexibility index (Phi) is 2.11. The Morgan fingerprint density at radius 3 is 2.70 bits per heavy atom. The minimum atomic E-state index is -0.347. The second-order valence-corrected chi connectivity index (χ2v) is 2.19. The number of hydrogen-bond donors (Lipinski definition) is 1. The summed E-state index contributed by atoms with van der Waals surface area (Å²) in [5, 5.41) is -0.347. The van der Waals surface area contributed by atoms with E-state index in [1.807, 2.05) is 0 Å². The molecule has 0 saturated heterocycles. The highest BCUT2D eigenvalue weighted by Gasteiger charge is 1.98. The van der Waals surface area contributed by atoms with Gasteiger partial charge >= 0.3 is 0 Å². The highest BCUT2D eigenvalue weighted by atomic mass is 32.1. The second-order valence-electron chi connectivity index (χ2n) is 1.78. The van der Waals surface area contributed by atoms with E-state index >= 15 is 0 Å². The van der Waals surface area contributed by atoms with Crippen LogP contribution in [0.1, 0.15) is 10.5 Å². The lowest BCUT2D eigenvalue weighted by Crippen LogP contribution is -2.04. The lowest BCUT2D eigenvalue weighted by Gasteiger charge is -1.92. The number of aromatic nitrogens is 1. The van der Waals surface area contributed by atoms with Crippen LogP contribution in [0, 0.1) is 0 Å². The molecule has 1 rings (SSSR count). The Balaban J connectivity index is 3.00. The molecule has 0 atom stereocenters. The van der Waals surface area contributed by atoms with Gasteiger partial charge in [-0.05, 0) is 6.07 Å². The Morgan fingerprint density at radius 2 is 2.30 bits per heavy atom. The molecule has 2 radical (unpaired) electrons. The Bertz CT molecular complexity index is 246. The summed E-state index contributed by atoms with van der Waals surface area (Å²) >= 11 is 3.58. The van der Waals surface area contributed by atoms with Crippen LogP contribution in [0.15, 0.2) is 18.3 Å². The zero-order chi connectivity index (χ0) is 7.56. The summed E-state index contributed by atoms with van der Waals surface area (Å²) < 4.78 is 0. The Morgan fingerprint density at radius 1 is 1.60 bits per heavy atom. The topological polar surface area (TPSA) is 30.0 Å². The molecule has 0 aliphatic heterocycles. The quantitative estimate of drug-likeness (QED) is 0.448. The minimum absolute atomic E-state index is 0.317. The lowest BCUT2D eigenvalue weighted by atomic mass is 9.99. The molecular weight excluding hydrogens is 145 g/mol. The maximum atomic E-state index is 10.5. The fourth-order valence-corrected chi connectivity index (χ4v) is 0.664. The molecule has 1 heterocycles. The van der Waals surface area contributed by atoms with Crippen LogP contribution < -0.4 is 5.46 Å². The van der Waals surface area contributed by atoms with Gasteiger partial charge in [0, 0.05) is 6.20 Å². The lowest BCUT2D eigenvalue weighted by molar-refractivity contribution is 0.108. The van der Waals surface area contributed by atoms with E-state index in [-0.39, 0.29) is 5.12 Å². The van der Waals surface area contributed by atoms with Gasteiger partial charge in [-0.1, -0.05) is 24.2 Å². The third-order valence-corrected chi connectivity index (χ3v) is 1.23. The van der Waals surface area contributed by atoms with Gasteiger partial charge in [0.15, 0.2) is 0 Å². The molecule has 0 unspecified atom stereocenters. The van der Waals surface area contributed by atoms with E-state index in [9.17, 15) is 4.79 Å². The average Bonchev–Trinajstić information content (AvgIpc) is 1.88. The van der Waals surface area contributed by atoms with Gasteiger partial charge in [-0.3, -0.25) is 9.78 Å². The molecule has 0 amide bonds. The van der Waals surface area contributed by atoms with Crippen LogP contribution >= 0.6 is 12.6 Å². The molecule has 0 fully saturated rings. The Hall–Kier alpha value is -0.765. The van der Waals surface area contributed by atoms with Crippen LogP contribution in [0.25, 0.3) is 0 Å². The van der Waals surface area contributed by atoms with Gasteiger partial charge in [-0.15, -0.1) is 0 Å². The summed E-state index contributed by atoms with van der Waals surface area (Å²) in [6, 6.07) is 3.14. The zero-order valence-electron chi connectivity index (χ0n) is 5.11. The molecule has 1 aromatic rings. The van der Waals surface area contributed by atoms with Crippen molar-refractivity contribution in [3.05, 3.63) is 24.0 Å². The van der Waals surface area contributed by atoms with Crippen LogP contribution in [0.4, 0.5) is 0 Å². The largest absolute Gasteiger partial charge is 0.280 e. The average molecular weight is 149 g/mol. The monoisotopic (exact) mass is 149 g/mol. The first kappa shape index (κ1) is 7.34. The molecule has 0 N–H and O–H groups in total. The van der Waals surface area contributed by atoms with Gasteiger partial charge in [0.25, 0.3) is 0 Å². The fraction of sp³-hybridized carbons (Fsp3) is 0. The van der Waals surface area contributed by atoms with Crippen molar-refractivity contribution in [3.63, 3.8) is 0 Å². The number of carbonyl (C=O) groups is 1. The molecular formula is C6H4BNOS. The third-order valence-electron chi connectivity index (χ3n) is 1.01. The van der Waals surface area contributed by atoms with Gasteiger partial charge in [0.1, 0.15) is 13.5 Å². The van der Waals surface area contributed by atoms with Crippen LogP contribution in [-0.4, -0.2) is 17.9 Å². The van der Waals surface area contributed by atoms with Crippen molar-refractivity contribution in [2.24, 2.45) is 0 Å². The van der Waals surface area contributed by atoms with Crippen molar-refractivity contribution in [1.29, 1.82) is 0 Å². The first-order chi connectivity index (χ1) is 4.70. The number of carbonyl (C=O) groups excluding carboxylic acids is 1. The number of hydrogen-bond acceptors (Lipinski definition) is 2. The number of thiol groups is 1. The molecule has 0 aliphatic rings. The predicted molar refractivity (Wildman–Crippen MR) is 42.9 cm³/mol. The normalized spacial score (nSPS) is 9.30. The van der Waals surface area contributed by atoms with E-state index in [4.69, 9.17) is 7.85 Å². The van der Waals surface area contributed by atoms with Crippen LogP contribution in [0.2, 0.25) is 0 Å². The number of nitrogens with zero attached hydrogens (tertiary/aromatic N) is 1. The molecule has 0 spiro atoms. The predicted octanol–water partition coefficient (Wildman–Crippen LogP) is -0.0546. The van der Waals surface area contributed by atoms with Gasteiger partial charge < -0.3 is 0 Å². The molecule has 0 bridgehead atoms. The molecule has 48 valence electrons. The van der Waals surface area contributed by atoms with Crippen LogP contribution in [0.3, 0.4) is 0 Å². The van der Waals surface area contributed by atoms with Crippen LogP contribution in [0.5, 0.6) is 0 Å². The van der Waals surface area contributed by atoms with Gasteiger partial charge in [0.05, 0.1) is 0 Å². The van der Waals surface area contributed by atoms with Crippen molar-refractivity contribution in [1.82, 2.24) is 4.98 Å². The Labute approximate surface area is 65.5 Å². The van der Waals surface area contributed by atoms with Gasteiger partial charge in [0.2, 0.25) is 5.12 Å². The standard InChI is InChI=1S/C6H4BNOS/c7-4-1-2-5(6(9)10)8-3-4/h1-3H,(H,9,10). The van der Waals surface area contributed by atoms with E-state index in [0.717, 1.165) is 0 Å². The number of pyridine rings is 1.